The number of anilines is 1. The van der Waals surface area contributed by atoms with E-state index in [9.17, 15) is 9.59 Å². The molecule has 0 saturated carbocycles. The van der Waals surface area contributed by atoms with E-state index < -0.39 is 0 Å². The lowest BCUT2D eigenvalue weighted by Gasteiger charge is -2.40. The van der Waals surface area contributed by atoms with Crippen molar-refractivity contribution >= 4 is 18.1 Å². The maximum atomic E-state index is 11.4. The monoisotopic (exact) mass is 306 g/mol. The van der Waals surface area contributed by atoms with Crippen molar-refractivity contribution in [2.45, 2.75) is 26.3 Å². The van der Waals surface area contributed by atoms with Gasteiger partial charge in [-0.2, -0.15) is 0 Å². The van der Waals surface area contributed by atoms with Gasteiger partial charge < -0.3 is 9.64 Å². The molecule has 0 aliphatic carbocycles. The van der Waals surface area contributed by atoms with Crippen molar-refractivity contribution in [2.75, 3.05) is 37.7 Å². The number of ether oxygens (including phenoxy) is 1. The molecular formula is C15H22N4O3. The van der Waals surface area contributed by atoms with Crippen LogP contribution in [0.4, 0.5) is 5.82 Å². The van der Waals surface area contributed by atoms with Crippen LogP contribution in [0.2, 0.25) is 0 Å². The number of hydrogen-bond acceptors (Lipinski definition) is 7. The summed E-state index contributed by atoms with van der Waals surface area (Å²) in [4.78, 5) is 34.8. The van der Waals surface area contributed by atoms with Crippen molar-refractivity contribution in [1.29, 1.82) is 0 Å². The number of piperazine rings is 1. The molecule has 0 radical (unpaired) electrons. The molecule has 0 amide bonds. The second-order valence-corrected chi connectivity index (χ2v) is 5.30. The van der Waals surface area contributed by atoms with E-state index in [0.29, 0.717) is 37.6 Å². The first-order valence-electron chi connectivity index (χ1n) is 7.56. The molecule has 7 nitrogen and oxygen atoms in total. The Morgan fingerprint density at radius 1 is 1.41 bits per heavy atom. The Morgan fingerprint density at radius 2 is 2.23 bits per heavy atom. The quantitative estimate of drug-likeness (QED) is 0.567. The van der Waals surface area contributed by atoms with Gasteiger partial charge in [-0.1, -0.05) is 0 Å². The molecule has 2 heterocycles. The Balaban J connectivity index is 1.86. The maximum Gasteiger partial charge on any atom is 0.307 e. The van der Waals surface area contributed by atoms with Gasteiger partial charge in [0.25, 0.3) is 0 Å². The zero-order valence-electron chi connectivity index (χ0n) is 13.1. The summed E-state index contributed by atoms with van der Waals surface area (Å²) < 4.78 is 4.96. The normalized spacial score (nSPS) is 19.0. The standard InChI is InChI=1S/C15H22N4O3/c1-3-22-15(21)4-5-18-6-7-19(10-12(18)2)14-9-16-13(11-20)8-17-14/h8-9,11-12H,3-7,10H2,1-2H3/t12-/m0/s1. The molecule has 0 spiro atoms. The van der Waals surface area contributed by atoms with Crippen molar-refractivity contribution in [1.82, 2.24) is 14.9 Å². The van der Waals surface area contributed by atoms with E-state index in [1.165, 1.54) is 6.20 Å². The first kappa shape index (κ1) is 16.4. The molecule has 120 valence electrons. The van der Waals surface area contributed by atoms with E-state index in [1.54, 1.807) is 6.20 Å². The van der Waals surface area contributed by atoms with Gasteiger partial charge in [0.15, 0.2) is 6.29 Å². The summed E-state index contributed by atoms with van der Waals surface area (Å²) in [5.74, 6) is 0.634. The van der Waals surface area contributed by atoms with Gasteiger partial charge >= 0.3 is 5.97 Å². The number of carbonyl (C=O) groups excluding carboxylic acids is 2. The van der Waals surface area contributed by atoms with Gasteiger partial charge in [0.05, 0.1) is 25.4 Å². The van der Waals surface area contributed by atoms with Crippen LogP contribution in [0.15, 0.2) is 12.4 Å². The minimum atomic E-state index is -0.146. The third kappa shape index (κ3) is 4.24. The van der Waals surface area contributed by atoms with Gasteiger partial charge in [-0.3, -0.25) is 14.5 Å². The largest absolute Gasteiger partial charge is 0.466 e. The van der Waals surface area contributed by atoms with Crippen LogP contribution in [-0.4, -0.2) is 66.0 Å². The first-order chi connectivity index (χ1) is 10.6. The van der Waals surface area contributed by atoms with E-state index >= 15 is 0 Å². The van der Waals surface area contributed by atoms with E-state index in [0.717, 1.165) is 25.5 Å². The summed E-state index contributed by atoms with van der Waals surface area (Å²) in [5, 5.41) is 0. The molecule has 2 rings (SSSR count). The number of hydrogen-bond donors (Lipinski definition) is 0. The summed E-state index contributed by atoms with van der Waals surface area (Å²) >= 11 is 0. The SMILES string of the molecule is CCOC(=O)CCN1CCN(c2cnc(C=O)cn2)C[C@@H]1C. The minimum absolute atomic E-state index is 0.146. The molecule has 0 N–H and O–H groups in total. The number of aromatic nitrogens is 2. The van der Waals surface area contributed by atoms with Crippen molar-refractivity contribution in [3.05, 3.63) is 18.1 Å². The highest BCUT2D eigenvalue weighted by Gasteiger charge is 2.25. The van der Waals surface area contributed by atoms with Gasteiger partial charge in [-0.25, -0.2) is 9.97 Å². The molecule has 1 aromatic rings. The van der Waals surface area contributed by atoms with Crippen LogP contribution in [0.3, 0.4) is 0 Å². The molecule has 0 bridgehead atoms. The van der Waals surface area contributed by atoms with Crippen LogP contribution < -0.4 is 4.90 Å². The van der Waals surface area contributed by atoms with Crippen molar-refractivity contribution in [2.24, 2.45) is 0 Å². The molecule has 7 heteroatoms. The Morgan fingerprint density at radius 3 is 2.82 bits per heavy atom. The molecule has 1 aromatic heterocycles. The smallest absolute Gasteiger partial charge is 0.307 e. The lowest BCUT2D eigenvalue weighted by atomic mass is 10.2. The second kappa shape index (κ2) is 7.84. The molecule has 22 heavy (non-hydrogen) atoms. The number of nitrogens with zero attached hydrogens (tertiary/aromatic N) is 4. The first-order valence-corrected chi connectivity index (χ1v) is 7.56. The van der Waals surface area contributed by atoms with Crippen LogP contribution in [0, 0.1) is 0 Å². The van der Waals surface area contributed by atoms with Crippen LogP contribution in [0.25, 0.3) is 0 Å². The average molecular weight is 306 g/mol. The fourth-order valence-corrected chi connectivity index (χ4v) is 2.56. The lowest BCUT2D eigenvalue weighted by molar-refractivity contribution is -0.143. The Bertz CT molecular complexity index is 506. The summed E-state index contributed by atoms with van der Waals surface area (Å²) in [6.07, 6.45) is 4.23. The van der Waals surface area contributed by atoms with Gasteiger partial charge in [-0.05, 0) is 13.8 Å². The van der Waals surface area contributed by atoms with Crippen LogP contribution in [0.5, 0.6) is 0 Å². The van der Waals surface area contributed by atoms with Gasteiger partial charge in [0.1, 0.15) is 11.5 Å². The van der Waals surface area contributed by atoms with E-state index in [1.807, 2.05) is 6.92 Å². The minimum Gasteiger partial charge on any atom is -0.466 e. The Kier molecular flexibility index (Phi) is 5.83. The molecule has 1 atom stereocenters. The zero-order valence-corrected chi connectivity index (χ0v) is 13.1. The maximum absolute atomic E-state index is 11.4. The molecule has 0 aromatic carbocycles. The van der Waals surface area contributed by atoms with E-state index in [4.69, 9.17) is 4.74 Å². The highest BCUT2D eigenvalue weighted by atomic mass is 16.5. The fourth-order valence-electron chi connectivity index (χ4n) is 2.56. The zero-order chi connectivity index (χ0) is 15.9. The van der Waals surface area contributed by atoms with Crippen LogP contribution >= 0.6 is 0 Å². The molecule has 1 saturated heterocycles. The molecule has 1 aliphatic rings. The van der Waals surface area contributed by atoms with Crippen LogP contribution in [-0.2, 0) is 9.53 Å². The van der Waals surface area contributed by atoms with Crippen molar-refractivity contribution in [3.8, 4) is 0 Å². The van der Waals surface area contributed by atoms with Gasteiger partial charge in [0, 0.05) is 32.2 Å². The predicted octanol–water partition coefficient (Wildman–Crippen LogP) is 0.753. The third-order valence-corrected chi connectivity index (χ3v) is 3.78. The average Bonchev–Trinajstić information content (AvgIpc) is 2.54. The molecule has 1 fully saturated rings. The molecule has 0 unspecified atom stereocenters. The Labute approximate surface area is 130 Å². The summed E-state index contributed by atoms with van der Waals surface area (Å²) in [6.45, 7) is 7.58. The molecule has 1 aliphatic heterocycles. The predicted molar refractivity (Wildman–Crippen MR) is 81.9 cm³/mol. The summed E-state index contributed by atoms with van der Waals surface area (Å²) in [7, 11) is 0. The summed E-state index contributed by atoms with van der Waals surface area (Å²) in [6, 6.07) is 0.315. The molecular weight excluding hydrogens is 284 g/mol. The van der Waals surface area contributed by atoms with Crippen molar-refractivity contribution in [3.63, 3.8) is 0 Å². The van der Waals surface area contributed by atoms with Crippen LogP contribution in [0.1, 0.15) is 30.8 Å². The van der Waals surface area contributed by atoms with Gasteiger partial charge in [0.2, 0.25) is 0 Å². The number of carbonyl (C=O) groups is 2. The fraction of sp³-hybridized carbons (Fsp3) is 0.600. The highest BCUT2D eigenvalue weighted by molar-refractivity contribution is 5.71. The third-order valence-electron chi connectivity index (χ3n) is 3.78. The number of esters is 1. The number of aldehydes is 1. The summed E-state index contributed by atoms with van der Waals surface area (Å²) in [5.41, 5.74) is 0.338. The second-order valence-electron chi connectivity index (χ2n) is 5.30. The number of rotatable bonds is 6. The van der Waals surface area contributed by atoms with Gasteiger partial charge in [-0.15, -0.1) is 0 Å². The Hall–Kier alpha value is -2.02. The lowest BCUT2D eigenvalue weighted by Crippen LogP contribution is -2.52. The highest BCUT2D eigenvalue weighted by Crippen LogP contribution is 2.16. The van der Waals surface area contributed by atoms with Crippen molar-refractivity contribution < 1.29 is 14.3 Å². The topological polar surface area (TPSA) is 75.6 Å². The van der Waals surface area contributed by atoms with E-state index in [2.05, 4.69) is 26.7 Å². The van der Waals surface area contributed by atoms with E-state index in [-0.39, 0.29) is 5.97 Å².